The van der Waals surface area contributed by atoms with E-state index < -0.39 is 6.04 Å². The largest absolute Gasteiger partial charge is 0.459 e. The van der Waals surface area contributed by atoms with Crippen molar-refractivity contribution in [1.29, 1.82) is 0 Å². The van der Waals surface area contributed by atoms with E-state index in [9.17, 15) is 9.59 Å². The second-order valence-electron chi connectivity index (χ2n) is 8.57. The fourth-order valence-electron chi connectivity index (χ4n) is 4.15. The van der Waals surface area contributed by atoms with Gasteiger partial charge in [0.05, 0.1) is 28.9 Å². The van der Waals surface area contributed by atoms with Gasteiger partial charge in [0.15, 0.2) is 5.76 Å². The average Bonchev–Trinajstić information content (AvgIpc) is 3.39. The third-order valence-electron chi connectivity index (χ3n) is 6.04. The number of furan rings is 1. The van der Waals surface area contributed by atoms with Gasteiger partial charge >= 0.3 is 0 Å². The maximum Gasteiger partial charge on any atom is 0.290 e. The maximum atomic E-state index is 13.8. The Balaban J connectivity index is 1.93. The van der Waals surface area contributed by atoms with Crippen LogP contribution in [0, 0.1) is 0 Å². The first-order valence-electron chi connectivity index (χ1n) is 11.5. The third-order valence-corrected chi connectivity index (χ3v) is 6.04. The van der Waals surface area contributed by atoms with Crippen molar-refractivity contribution in [2.24, 2.45) is 0 Å². The van der Waals surface area contributed by atoms with Crippen molar-refractivity contribution in [3.8, 4) is 5.69 Å². The molecule has 0 radical (unpaired) electrons. The van der Waals surface area contributed by atoms with Crippen LogP contribution in [0.4, 0.5) is 0 Å². The van der Waals surface area contributed by atoms with Crippen LogP contribution in [-0.2, 0) is 6.42 Å². The Bertz CT molecular complexity index is 1340. The Kier molecular flexibility index (Phi) is 6.93. The molecule has 34 heavy (non-hydrogen) atoms. The lowest BCUT2D eigenvalue weighted by molar-refractivity contribution is 0.0634. The zero-order valence-electron chi connectivity index (χ0n) is 20.1. The minimum Gasteiger partial charge on any atom is -0.459 e. The van der Waals surface area contributed by atoms with E-state index in [0.717, 1.165) is 17.7 Å². The molecule has 2 heterocycles. The van der Waals surface area contributed by atoms with E-state index in [0.29, 0.717) is 29.8 Å². The number of likely N-dealkylation sites (N-methyl/N-ethyl adjacent to an activating group) is 1. The highest BCUT2D eigenvalue weighted by atomic mass is 16.3. The van der Waals surface area contributed by atoms with Crippen molar-refractivity contribution in [3.05, 3.63) is 94.4 Å². The quantitative estimate of drug-likeness (QED) is 0.394. The number of benzene rings is 2. The number of rotatable bonds is 8. The summed E-state index contributed by atoms with van der Waals surface area (Å²) in [7, 11) is 3.92. The van der Waals surface area contributed by atoms with Crippen molar-refractivity contribution in [2.75, 3.05) is 27.2 Å². The number of amides is 1. The summed E-state index contributed by atoms with van der Waals surface area (Å²) < 4.78 is 7.09. The van der Waals surface area contributed by atoms with Gasteiger partial charge in [0.1, 0.15) is 5.82 Å². The summed E-state index contributed by atoms with van der Waals surface area (Å²) in [5.41, 5.74) is 2.28. The molecule has 1 unspecified atom stereocenters. The van der Waals surface area contributed by atoms with Crippen molar-refractivity contribution in [1.82, 2.24) is 19.4 Å². The lowest BCUT2D eigenvalue weighted by Gasteiger charge is -2.31. The first-order chi connectivity index (χ1) is 16.4. The van der Waals surface area contributed by atoms with Gasteiger partial charge in [-0.25, -0.2) is 4.98 Å². The van der Waals surface area contributed by atoms with E-state index in [1.54, 1.807) is 27.7 Å². The van der Waals surface area contributed by atoms with Crippen LogP contribution in [-0.4, -0.2) is 52.4 Å². The van der Waals surface area contributed by atoms with E-state index in [4.69, 9.17) is 9.40 Å². The van der Waals surface area contributed by atoms with Gasteiger partial charge in [0.2, 0.25) is 0 Å². The lowest BCUT2D eigenvalue weighted by Crippen LogP contribution is -2.41. The molecule has 1 atom stereocenters. The summed E-state index contributed by atoms with van der Waals surface area (Å²) in [5, 5.41) is 0.543. The minimum absolute atomic E-state index is 0.147. The number of para-hydroxylation sites is 2. The van der Waals surface area contributed by atoms with Gasteiger partial charge in [-0.3, -0.25) is 14.2 Å². The molecule has 4 aromatic rings. The van der Waals surface area contributed by atoms with Gasteiger partial charge in [0, 0.05) is 13.1 Å². The van der Waals surface area contributed by atoms with Crippen molar-refractivity contribution >= 4 is 16.8 Å². The normalized spacial score (nSPS) is 12.3. The van der Waals surface area contributed by atoms with Gasteiger partial charge in [-0.05, 0) is 63.3 Å². The number of aryl methyl sites for hydroxylation is 1. The fourth-order valence-corrected chi connectivity index (χ4v) is 4.15. The molecule has 7 nitrogen and oxygen atoms in total. The van der Waals surface area contributed by atoms with E-state index in [-0.39, 0.29) is 17.2 Å². The van der Waals surface area contributed by atoms with E-state index in [2.05, 4.69) is 6.92 Å². The highest BCUT2D eigenvalue weighted by molar-refractivity contribution is 5.91. The predicted molar refractivity (Wildman–Crippen MR) is 133 cm³/mol. The highest BCUT2D eigenvalue weighted by Gasteiger charge is 2.29. The molecule has 0 fully saturated rings. The summed E-state index contributed by atoms with van der Waals surface area (Å²) in [5.74, 6) is 0.537. The maximum absolute atomic E-state index is 13.8. The molecular formula is C27H30N4O3. The fraction of sp³-hybridized carbons (Fsp3) is 0.296. The van der Waals surface area contributed by atoms with Crippen LogP contribution >= 0.6 is 0 Å². The van der Waals surface area contributed by atoms with Gasteiger partial charge < -0.3 is 14.2 Å². The first kappa shape index (κ1) is 23.4. The first-order valence-corrected chi connectivity index (χ1v) is 11.5. The molecule has 2 aromatic carbocycles. The smallest absolute Gasteiger partial charge is 0.290 e. The summed E-state index contributed by atoms with van der Waals surface area (Å²) in [6, 6.07) is 18.0. The molecule has 0 bridgehead atoms. The van der Waals surface area contributed by atoms with E-state index in [1.165, 1.54) is 6.26 Å². The number of fused-ring (bicyclic) bond motifs is 1. The van der Waals surface area contributed by atoms with Gasteiger partial charge in [-0.1, -0.05) is 37.3 Å². The number of hydrogen-bond donors (Lipinski definition) is 0. The molecule has 4 rings (SSSR count). The van der Waals surface area contributed by atoms with Crippen LogP contribution in [0.15, 0.2) is 76.1 Å². The summed E-state index contributed by atoms with van der Waals surface area (Å²) in [6.07, 6.45) is 2.25. The minimum atomic E-state index is -0.486. The molecule has 0 saturated carbocycles. The lowest BCUT2D eigenvalue weighted by atomic mass is 10.1. The van der Waals surface area contributed by atoms with Crippen LogP contribution in [0.2, 0.25) is 0 Å². The second kappa shape index (κ2) is 10.1. The van der Waals surface area contributed by atoms with Crippen molar-refractivity contribution in [3.63, 3.8) is 0 Å². The predicted octanol–water partition coefficient (Wildman–Crippen LogP) is 4.31. The van der Waals surface area contributed by atoms with Crippen molar-refractivity contribution in [2.45, 2.75) is 26.3 Å². The molecule has 2 aromatic heterocycles. The van der Waals surface area contributed by atoms with E-state index in [1.807, 2.05) is 68.4 Å². The number of aromatic nitrogens is 2. The molecule has 176 valence electrons. The molecule has 0 N–H and O–H groups in total. The monoisotopic (exact) mass is 458 g/mol. The van der Waals surface area contributed by atoms with Crippen LogP contribution in [0.25, 0.3) is 16.6 Å². The zero-order chi connectivity index (χ0) is 24.2. The van der Waals surface area contributed by atoms with Crippen LogP contribution in [0.1, 0.15) is 41.8 Å². The molecule has 0 aliphatic carbocycles. The molecule has 0 saturated heterocycles. The summed E-state index contributed by atoms with van der Waals surface area (Å²) in [6.45, 7) is 5.08. The van der Waals surface area contributed by atoms with Gasteiger partial charge in [-0.15, -0.1) is 0 Å². The second-order valence-corrected chi connectivity index (χ2v) is 8.57. The van der Waals surface area contributed by atoms with Crippen LogP contribution in [0.5, 0.6) is 0 Å². The molecule has 0 aliphatic rings. The number of hydrogen-bond acceptors (Lipinski definition) is 5. The van der Waals surface area contributed by atoms with Crippen LogP contribution in [0.3, 0.4) is 0 Å². The van der Waals surface area contributed by atoms with Crippen molar-refractivity contribution < 1.29 is 9.21 Å². The highest BCUT2D eigenvalue weighted by Crippen LogP contribution is 2.26. The van der Waals surface area contributed by atoms with Crippen LogP contribution < -0.4 is 5.56 Å². The van der Waals surface area contributed by atoms with E-state index >= 15 is 0 Å². The SMILES string of the molecule is CCc1ccccc1-n1c(C(C)N(CCN(C)C)C(=O)c2ccco2)nc2ccccc2c1=O. The third kappa shape index (κ3) is 4.52. The zero-order valence-corrected chi connectivity index (χ0v) is 20.1. The Labute approximate surface area is 199 Å². The molecule has 1 amide bonds. The number of nitrogens with zero attached hydrogens (tertiary/aromatic N) is 4. The molecule has 0 aliphatic heterocycles. The topological polar surface area (TPSA) is 71.6 Å². The Morgan fingerprint density at radius 1 is 1.03 bits per heavy atom. The van der Waals surface area contributed by atoms with Gasteiger partial charge in [0.25, 0.3) is 11.5 Å². The molecule has 0 spiro atoms. The molecule has 7 heteroatoms. The summed E-state index contributed by atoms with van der Waals surface area (Å²) >= 11 is 0. The standard InChI is InChI=1S/C27H30N4O3/c1-5-20-11-6-9-14-23(20)31-25(28-22-13-8-7-12-21(22)26(31)32)19(2)30(17-16-29(3)4)27(33)24-15-10-18-34-24/h6-15,18-19H,5,16-17H2,1-4H3. The Hall–Kier alpha value is -3.71. The average molecular weight is 459 g/mol. The molecular weight excluding hydrogens is 428 g/mol. The Morgan fingerprint density at radius 3 is 2.47 bits per heavy atom. The number of carbonyl (C=O) groups is 1. The summed E-state index contributed by atoms with van der Waals surface area (Å²) in [4.78, 5) is 35.9. The van der Waals surface area contributed by atoms with Gasteiger partial charge in [-0.2, -0.15) is 0 Å². The number of carbonyl (C=O) groups excluding carboxylic acids is 1. The Morgan fingerprint density at radius 2 is 1.76 bits per heavy atom.